The van der Waals surface area contributed by atoms with Gasteiger partial charge in [0.1, 0.15) is 5.75 Å². The van der Waals surface area contributed by atoms with E-state index in [1.807, 2.05) is 13.0 Å². The molecule has 2 bridgehead atoms. The third-order valence-electron chi connectivity index (χ3n) is 5.55. The van der Waals surface area contributed by atoms with Gasteiger partial charge in [0, 0.05) is 11.8 Å². The molecule has 102 valence electrons. The minimum absolute atomic E-state index is 0.341. The lowest BCUT2D eigenvalue weighted by Crippen LogP contribution is -2.09. The van der Waals surface area contributed by atoms with E-state index in [-0.39, 0.29) is 6.10 Å². The summed E-state index contributed by atoms with van der Waals surface area (Å²) in [6.45, 7) is 2.60. The number of fused-ring (bicyclic) bond motifs is 5. The molecular weight excluding hydrogens is 238 g/mol. The number of aliphatic hydroxyl groups excluding tert-OH is 1. The number of aromatic nitrogens is 1. The predicted octanol–water partition coefficient (Wildman–Crippen LogP) is 2.81. The summed E-state index contributed by atoms with van der Waals surface area (Å²) in [5, 5.41) is 10.6. The van der Waals surface area contributed by atoms with E-state index in [9.17, 15) is 5.11 Å². The lowest BCUT2D eigenvalue weighted by atomic mass is 9.96. The fourth-order valence-corrected chi connectivity index (χ4v) is 4.88. The molecule has 3 aliphatic rings. The third-order valence-corrected chi connectivity index (χ3v) is 5.55. The van der Waals surface area contributed by atoms with Crippen molar-refractivity contribution in [1.29, 1.82) is 0 Å². The Morgan fingerprint density at radius 1 is 1.32 bits per heavy atom. The average Bonchev–Trinajstić information content (AvgIpc) is 2.86. The second-order valence-corrected chi connectivity index (χ2v) is 6.40. The van der Waals surface area contributed by atoms with Crippen LogP contribution in [0, 0.1) is 29.6 Å². The van der Waals surface area contributed by atoms with Gasteiger partial charge >= 0.3 is 0 Å². The molecule has 3 fully saturated rings. The second kappa shape index (κ2) is 4.20. The summed E-state index contributed by atoms with van der Waals surface area (Å²) in [4.78, 5) is 4.20. The number of pyridine rings is 1. The molecule has 3 saturated carbocycles. The molecule has 4 rings (SSSR count). The molecule has 19 heavy (non-hydrogen) atoms. The minimum Gasteiger partial charge on any atom is -0.492 e. The molecule has 3 heteroatoms. The topological polar surface area (TPSA) is 42.4 Å². The van der Waals surface area contributed by atoms with Crippen LogP contribution in [0.5, 0.6) is 5.75 Å². The van der Waals surface area contributed by atoms with Gasteiger partial charge in [0.25, 0.3) is 0 Å². The van der Waals surface area contributed by atoms with Crippen molar-refractivity contribution in [2.24, 2.45) is 29.6 Å². The molecule has 1 aromatic rings. The van der Waals surface area contributed by atoms with Crippen molar-refractivity contribution in [2.45, 2.75) is 32.3 Å². The molecule has 0 amide bonds. The van der Waals surface area contributed by atoms with E-state index < -0.39 is 0 Å². The quantitative estimate of drug-likeness (QED) is 0.904. The number of ether oxygens (including phenoxy) is 1. The molecule has 0 aromatic carbocycles. The Morgan fingerprint density at radius 2 is 2.05 bits per heavy atom. The maximum absolute atomic E-state index is 10.6. The van der Waals surface area contributed by atoms with Crippen molar-refractivity contribution in [2.75, 3.05) is 6.61 Å². The van der Waals surface area contributed by atoms with Crippen molar-refractivity contribution < 1.29 is 9.84 Å². The summed E-state index contributed by atoms with van der Waals surface area (Å²) >= 11 is 0. The van der Waals surface area contributed by atoms with Gasteiger partial charge < -0.3 is 9.84 Å². The van der Waals surface area contributed by atoms with Gasteiger partial charge in [-0.25, -0.2) is 0 Å². The van der Waals surface area contributed by atoms with Gasteiger partial charge in [-0.3, -0.25) is 4.98 Å². The van der Waals surface area contributed by atoms with Crippen LogP contribution in [-0.2, 0) is 0 Å². The molecule has 0 saturated heterocycles. The highest BCUT2D eigenvalue weighted by molar-refractivity contribution is 5.28. The van der Waals surface area contributed by atoms with Crippen molar-refractivity contribution in [3.8, 4) is 5.75 Å². The summed E-state index contributed by atoms with van der Waals surface area (Å²) in [5.41, 5.74) is 0.935. The van der Waals surface area contributed by atoms with Crippen molar-refractivity contribution in [1.82, 2.24) is 4.98 Å². The SMILES string of the molecule is CCOc1cncc(C(O)C2C3C4CCC(C4)C32)c1. The molecule has 0 radical (unpaired) electrons. The van der Waals surface area contributed by atoms with Crippen molar-refractivity contribution in [3.05, 3.63) is 24.0 Å². The number of nitrogens with zero attached hydrogens (tertiary/aromatic N) is 1. The highest BCUT2D eigenvalue weighted by atomic mass is 16.5. The highest BCUT2D eigenvalue weighted by Crippen LogP contribution is 2.72. The summed E-state index contributed by atoms with van der Waals surface area (Å²) < 4.78 is 5.47. The van der Waals surface area contributed by atoms with Crippen LogP contribution in [0.15, 0.2) is 18.5 Å². The Hall–Kier alpha value is -1.09. The first kappa shape index (κ1) is 11.7. The van der Waals surface area contributed by atoms with E-state index in [1.165, 1.54) is 19.3 Å². The number of hydrogen-bond acceptors (Lipinski definition) is 3. The van der Waals surface area contributed by atoms with Crippen LogP contribution in [-0.4, -0.2) is 16.7 Å². The number of rotatable bonds is 4. The minimum atomic E-state index is -0.341. The maximum Gasteiger partial charge on any atom is 0.137 e. The van der Waals surface area contributed by atoms with Crippen LogP contribution in [0.2, 0.25) is 0 Å². The number of aliphatic hydroxyl groups is 1. The standard InChI is InChI=1S/C16H21NO2/c1-2-19-12-6-11(7-17-8-12)16(18)15-13-9-3-4-10(5-9)14(13)15/h6-10,13-16,18H,2-5H2,1H3. The van der Waals surface area contributed by atoms with E-state index in [0.717, 1.165) is 35.0 Å². The molecule has 3 nitrogen and oxygen atoms in total. The lowest BCUT2D eigenvalue weighted by Gasteiger charge is -2.16. The van der Waals surface area contributed by atoms with E-state index in [2.05, 4.69) is 4.98 Å². The summed E-state index contributed by atoms with van der Waals surface area (Å²) in [7, 11) is 0. The first-order valence-corrected chi connectivity index (χ1v) is 7.55. The fraction of sp³-hybridized carbons (Fsp3) is 0.688. The van der Waals surface area contributed by atoms with Crippen LogP contribution < -0.4 is 4.74 Å². The molecule has 0 spiro atoms. The largest absolute Gasteiger partial charge is 0.492 e. The van der Waals surface area contributed by atoms with Gasteiger partial charge in [0.15, 0.2) is 0 Å². The van der Waals surface area contributed by atoms with Gasteiger partial charge in [-0.05, 0) is 61.8 Å². The maximum atomic E-state index is 10.6. The van der Waals surface area contributed by atoms with Crippen LogP contribution in [0.3, 0.4) is 0 Å². The van der Waals surface area contributed by atoms with Crippen LogP contribution in [0.4, 0.5) is 0 Å². The highest BCUT2D eigenvalue weighted by Gasteiger charge is 2.66. The van der Waals surface area contributed by atoms with Crippen molar-refractivity contribution in [3.63, 3.8) is 0 Å². The molecule has 5 atom stereocenters. The summed E-state index contributed by atoms with van der Waals surface area (Å²) in [5.74, 6) is 4.65. The first-order chi connectivity index (χ1) is 9.29. The molecule has 1 aromatic heterocycles. The van der Waals surface area contributed by atoms with Crippen molar-refractivity contribution >= 4 is 0 Å². The molecule has 0 aliphatic heterocycles. The van der Waals surface area contributed by atoms with Gasteiger partial charge in [-0.15, -0.1) is 0 Å². The Bertz CT molecular complexity index is 473. The van der Waals surface area contributed by atoms with Gasteiger partial charge in [0.05, 0.1) is 18.9 Å². The molecule has 5 unspecified atom stereocenters. The molecular formula is C16H21NO2. The Labute approximate surface area is 114 Å². The number of hydrogen-bond donors (Lipinski definition) is 1. The molecule has 1 heterocycles. The monoisotopic (exact) mass is 259 g/mol. The Kier molecular flexibility index (Phi) is 2.59. The summed E-state index contributed by atoms with van der Waals surface area (Å²) in [6, 6.07) is 1.96. The predicted molar refractivity (Wildman–Crippen MR) is 71.7 cm³/mol. The second-order valence-electron chi connectivity index (χ2n) is 6.40. The molecule has 1 N–H and O–H groups in total. The first-order valence-electron chi connectivity index (χ1n) is 7.55. The third kappa shape index (κ3) is 1.71. The van der Waals surface area contributed by atoms with Crippen LogP contribution >= 0.6 is 0 Å². The average molecular weight is 259 g/mol. The normalized spacial score (nSPS) is 40.0. The Balaban J connectivity index is 1.52. The van der Waals surface area contributed by atoms with Crippen LogP contribution in [0.1, 0.15) is 37.9 Å². The van der Waals surface area contributed by atoms with Gasteiger partial charge in [-0.2, -0.15) is 0 Å². The van der Waals surface area contributed by atoms with E-state index >= 15 is 0 Å². The van der Waals surface area contributed by atoms with E-state index in [0.29, 0.717) is 12.5 Å². The zero-order chi connectivity index (χ0) is 13.0. The molecule has 3 aliphatic carbocycles. The fourth-order valence-electron chi connectivity index (χ4n) is 4.88. The van der Waals surface area contributed by atoms with E-state index in [4.69, 9.17) is 4.74 Å². The lowest BCUT2D eigenvalue weighted by molar-refractivity contribution is 0.129. The van der Waals surface area contributed by atoms with Gasteiger partial charge in [-0.1, -0.05) is 0 Å². The van der Waals surface area contributed by atoms with Gasteiger partial charge in [0.2, 0.25) is 0 Å². The smallest absolute Gasteiger partial charge is 0.137 e. The zero-order valence-corrected chi connectivity index (χ0v) is 11.3. The Morgan fingerprint density at radius 3 is 2.74 bits per heavy atom. The summed E-state index contributed by atoms with van der Waals surface area (Å²) in [6.07, 6.45) is 7.39. The van der Waals surface area contributed by atoms with Crippen LogP contribution in [0.25, 0.3) is 0 Å². The zero-order valence-electron chi connectivity index (χ0n) is 11.3. The van der Waals surface area contributed by atoms with E-state index in [1.54, 1.807) is 12.4 Å².